The van der Waals surface area contributed by atoms with E-state index in [2.05, 4.69) is 20.5 Å². The molecule has 1 heterocycles. The molecule has 1 atom stereocenters. The summed E-state index contributed by atoms with van der Waals surface area (Å²) < 4.78 is 19.0. The molecule has 0 radical (unpaired) electrons. The number of carbonyl (C=O) groups is 1. The van der Waals surface area contributed by atoms with Gasteiger partial charge in [-0.1, -0.05) is 23.7 Å². The Morgan fingerprint density at radius 2 is 2.08 bits per heavy atom. The molecule has 2 aromatic rings. The van der Waals surface area contributed by atoms with E-state index in [1.165, 1.54) is 12.1 Å². The highest BCUT2D eigenvalue weighted by atomic mass is 35.5. The van der Waals surface area contributed by atoms with Crippen LogP contribution in [0.2, 0.25) is 5.02 Å². The zero-order chi connectivity index (χ0) is 25.9. The van der Waals surface area contributed by atoms with Gasteiger partial charge in [-0.25, -0.2) is 9.38 Å². The van der Waals surface area contributed by atoms with Crippen LogP contribution in [0.15, 0.2) is 47.5 Å². The third kappa shape index (κ3) is 8.09. The Bertz CT molecular complexity index is 1090. The summed E-state index contributed by atoms with van der Waals surface area (Å²) in [7, 11) is 0. The first kappa shape index (κ1) is 27.2. The van der Waals surface area contributed by atoms with E-state index in [1.807, 2.05) is 18.0 Å². The zero-order valence-electron chi connectivity index (χ0n) is 20.2. The van der Waals surface area contributed by atoms with E-state index in [0.717, 1.165) is 12.1 Å². The number of aliphatic imine (C=N–C) groups is 1. The number of nitriles is 1. The molecule has 0 aliphatic carbocycles. The summed E-state index contributed by atoms with van der Waals surface area (Å²) in [5.41, 5.74) is 7.21. The Labute approximate surface area is 215 Å². The van der Waals surface area contributed by atoms with Crippen LogP contribution in [0, 0.1) is 17.3 Å². The molecule has 36 heavy (non-hydrogen) atoms. The number of amides is 1. The highest BCUT2D eigenvalue weighted by molar-refractivity contribution is 6.30. The van der Waals surface area contributed by atoms with Crippen LogP contribution in [-0.4, -0.2) is 67.0 Å². The van der Waals surface area contributed by atoms with Gasteiger partial charge in [0.15, 0.2) is 12.8 Å². The number of ether oxygens (including phenoxy) is 1. The first-order valence-corrected chi connectivity index (χ1v) is 12.1. The predicted octanol–water partition coefficient (Wildman–Crippen LogP) is 2.07. The third-order valence-electron chi connectivity index (χ3n) is 5.74. The fourth-order valence-electron chi connectivity index (χ4n) is 3.98. The average molecular weight is 516 g/mol. The van der Waals surface area contributed by atoms with Gasteiger partial charge in [0, 0.05) is 55.9 Å². The van der Waals surface area contributed by atoms with Crippen molar-refractivity contribution >= 4 is 23.5 Å². The summed E-state index contributed by atoms with van der Waals surface area (Å²) in [6.07, 6.45) is 1.83. The second kappa shape index (κ2) is 13.6. The van der Waals surface area contributed by atoms with Crippen LogP contribution < -0.4 is 21.1 Å². The number of nitrogens with zero attached hydrogens (tertiary/aromatic N) is 4. The number of piperazine rings is 1. The normalized spacial score (nSPS) is 16.4. The van der Waals surface area contributed by atoms with Crippen molar-refractivity contribution in [3.05, 3.63) is 64.4 Å². The Morgan fingerprint density at radius 1 is 1.31 bits per heavy atom. The Hall–Kier alpha value is -3.39. The lowest BCUT2D eigenvalue weighted by Gasteiger charge is -2.39. The van der Waals surface area contributed by atoms with Crippen LogP contribution in [0.3, 0.4) is 0 Å². The monoisotopic (exact) mass is 515 g/mol. The van der Waals surface area contributed by atoms with Gasteiger partial charge in [0.25, 0.3) is 5.91 Å². The molecule has 192 valence electrons. The van der Waals surface area contributed by atoms with Crippen molar-refractivity contribution in [3.63, 3.8) is 0 Å². The molecule has 1 saturated heterocycles. The number of guanidine groups is 1. The molecule has 0 saturated carbocycles. The lowest BCUT2D eigenvalue weighted by Crippen LogP contribution is -2.54. The summed E-state index contributed by atoms with van der Waals surface area (Å²) in [5, 5.41) is 14.8. The summed E-state index contributed by atoms with van der Waals surface area (Å²) in [6.45, 7) is 5.65. The van der Waals surface area contributed by atoms with Crippen LogP contribution in [0.5, 0.6) is 5.75 Å². The number of nitrogens with one attached hydrogen (secondary N) is 2. The van der Waals surface area contributed by atoms with Crippen molar-refractivity contribution in [2.75, 3.05) is 39.3 Å². The van der Waals surface area contributed by atoms with Gasteiger partial charge in [-0.05, 0) is 42.8 Å². The number of rotatable bonds is 9. The molecule has 1 amide bonds. The van der Waals surface area contributed by atoms with Crippen molar-refractivity contribution in [2.24, 2.45) is 10.7 Å². The quantitative estimate of drug-likeness (QED) is 0.202. The largest absolute Gasteiger partial charge is 0.483 e. The average Bonchev–Trinajstić information content (AvgIpc) is 2.86. The molecule has 1 aliphatic rings. The fourth-order valence-corrected chi connectivity index (χ4v) is 4.17. The number of hydrogen-bond donors (Lipinski definition) is 3. The van der Waals surface area contributed by atoms with E-state index in [9.17, 15) is 9.18 Å². The molecule has 2 aromatic carbocycles. The Kier molecular flexibility index (Phi) is 10.3. The standard InChI is InChI=1S/C25H31ClFN7O2/c1-18-14-33(15-19-2-5-22(27)6-3-19)10-11-34(18)24(35)16-36-23-7-4-21(26)12-20(23)13-31-25(32-17-29)30-9-8-28/h2-7,12,18H,8-11,13-16,28H2,1H3,(H2,30,31,32)/t18-/m1/s1. The highest BCUT2D eigenvalue weighted by Crippen LogP contribution is 2.24. The van der Waals surface area contributed by atoms with E-state index in [4.69, 9.17) is 27.3 Å². The van der Waals surface area contributed by atoms with E-state index in [-0.39, 0.29) is 36.9 Å². The van der Waals surface area contributed by atoms with Gasteiger partial charge in [-0.2, -0.15) is 5.26 Å². The molecule has 3 rings (SSSR count). The summed E-state index contributed by atoms with van der Waals surface area (Å²) >= 11 is 6.16. The van der Waals surface area contributed by atoms with Crippen molar-refractivity contribution in [1.82, 2.24) is 20.4 Å². The van der Waals surface area contributed by atoms with E-state index in [1.54, 1.807) is 30.3 Å². The first-order chi connectivity index (χ1) is 17.4. The van der Waals surface area contributed by atoms with Crippen molar-refractivity contribution in [1.29, 1.82) is 5.26 Å². The lowest BCUT2D eigenvalue weighted by molar-refractivity contribution is -0.138. The van der Waals surface area contributed by atoms with E-state index >= 15 is 0 Å². The minimum Gasteiger partial charge on any atom is -0.483 e. The van der Waals surface area contributed by atoms with Gasteiger partial charge in [0.1, 0.15) is 11.6 Å². The molecule has 0 unspecified atom stereocenters. The molecular weight excluding hydrogens is 485 g/mol. The predicted molar refractivity (Wildman–Crippen MR) is 137 cm³/mol. The molecule has 1 aliphatic heterocycles. The summed E-state index contributed by atoms with van der Waals surface area (Å²) in [5.74, 6) is 0.428. The molecule has 1 fully saturated rings. The summed E-state index contributed by atoms with van der Waals surface area (Å²) in [6, 6.07) is 11.6. The maximum atomic E-state index is 13.2. The SMILES string of the molecule is C[C@@H]1CN(Cc2ccc(F)cc2)CCN1C(=O)COc1ccc(Cl)cc1CN=C(NC#N)NCCN. The number of halogens is 2. The molecular formula is C25H31ClFN7O2. The van der Waals surface area contributed by atoms with Crippen LogP contribution >= 0.6 is 11.6 Å². The van der Waals surface area contributed by atoms with Gasteiger partial charge < -0.3 is 20.7 Å². The molecule has 11 heteroatoms. The van der Waals surface area contributed by atoms with Gasteiger partial charge in [0.05, 0.1) is 6.54 Å². The molecule has 0 aromatic heterocycles. The number of hydrogen-bond acceptors (Lipinski definition) is 6. The lowest BCUT2D eigenvalue weighted by atomic mass is 10.1. The minimum absolute atomic E-state index is 0.0119. The maximum absolute atomic E-state index is 13.2. The maximum Gasteiger partial charge on any atom is 0.260 e. The second-order valence-electron chi connectivity index (χ2n) is 8.46. The minimum atomic E-state index is -0.249. The smallest absolute Gasteiger partial charge is 0.260 e. The third-order valence-corrected chi connectivity index (χ3v) is 5.98. The van der Waals surface area contributed by atoms with E-state index in [0.29, 0.717) is 49.1 Å². The van der Waals surface area contributed by atoms with Crippen molar-refractivity contribution < 1.29 is 13.9 Å². The number of nitrogens with two attached hydrogens (primary N) is 1. The topological polar surface area (TPSA) is 119 Å². The molecule has 9 nitrogen and oxygen atoms in total. The van der Waals surface area contributed by atoms with Crippen LogP contribution in [0.1, 0.15) is 18.1 Å². The van der Waals surface area contributed by atoms with Crippen molar-refractivity contribution in [3.8, 4) is 11.9 Å². The Morgan fingerprint density at radius 3 is 2.78 bits per heavy atom. The number of carbonyl (C=O) groups excluding carboxylic acids is 1. The molecule has 0 spiro atoms. The van der Waals surface area contributed by atoms with Crippen molar-refractivity contribution in [2.45, 2.75) is 26.1 Å². The number of benzene rings is 2. The zero-order valence-corrected chi connectivity index (χ0v) is 21.0. The first-order valence-electron chi connectivity index (χ1n) is 11.7. The van der Waals surface area contributed by atoms with Gasteiger partial charge >= 0.3 is 0 Å². The van der Waals surface area contributed by atoms with Gasteiger partial charge in [0.2, 0.25) is 5.96 Å². The van der Waals surface area contributed by atoms with Crippen LogP contribution in [-0.2, 0) is 17.9 Å². The molecule has 0 bridgehead atoms. The highest BCUT2D eigenvalue weighted by Gasteiger charge is 2.27. The summed E-state index contributed by atoms with van der Waals surface area (Å²) in [4.78, 5) is 21.4. The van der Waals surface area contributed by atoms with Crippen LogP contribution in [0.4, 0.5) is 4.39 Å². The molecule has 4 N–H and O–H groups in total. The fraction of sp³-hybridized carbons (Fsp3) is 0.400. The Balaban J connectivity index is 1.56. The van der Waals surface area contributed by atoms with E-state index < -0.39 is 0 Å². The second-order valence-corrected chi connectivity index (χ2v) is 8.89. The van der Waals surface area contributed by atoms with Gasteiger partial charge in [-0.3, -0.25) is 15.0 Å². The van der Waals surface area contributed by atoms with Crippen LogP contribution in [0.25, 0.3) is 0 Å². The van der Waals surface area contributed by atoms with Gasteiger partial charge in [-0.15, -0.1) is 0 Å².